The van der Waals surface area contributed by atoms with Crippen molar-refractivity contribution in [2.75, 3.05) is 31.1 Å². The van der Waals surface area contributed by atoms with Crippen molar-refractivity contribution in [2.45, 2.75) is 18.7 Å². The fourth-order valence-corrected chi connectivity index (χ4v) is 5.19. The predicted octanol–water partition coefficient (Wildman–Crippen LogP) is 1.61. The minimum atomic E-state index is -4.19. The summed E-state index contributed by atoms with van der Waals surface area (Å²) < 4.78 is 29.2. The summed E-state index contributed by atoms with van der Waals surface area (Å²) in [5.41, 5.74) is -1.43. The molecule has 4 rings (SSSR count). The molecule has 1 aliphatic heterocycles. The number of benzene rings is 1. The summed E-state index contributed by atoms with van der Waals surface area (Å²) in [5, 5.41) is 31.1. The molecule has 1 saturated heterocycles. The number of nitrogens with zero attached hydrogens (tertiary/aromatic N) is 8. The van der Waals surface area contributed by atoms with Crippen LogP contribution in [0.3, 0.4) is 0 Å². The third kappa shape index (κ3) is 4.17. The van der Waals surface area contributed by atoms with Gasteiger partial charge in [-0.05, 0) is 26.0 Å². The lowest BCUT2D eigenvalue weighted by Gasteiger charge is -2.34. The van der Waals surface area contributed by atoms with E-state index in [2.05, 4.69) is 15.2 Å². The highest BCUT2D eigenvalue weighted by atomic mass is 32.2. The van der Waals surface area contributed by atoms with Crippen molar-refractivity contribution in [3.63, 3.8) is 0 Å². The summed E-state index contributed by atoms with van der Waals surface area (Å²) in [5.74, 6) is 1.93. The van der Waals surface area contributed by atoms with E-state index < -0.39 is 36.1 Å². The fraction of sp³-hybridized carbons (Fsp3) is 0.316. The SMILES string of the molecule is Cc1c([N+](=O)[O-])cc(S(=O)(=O)N2CCN(c3ccc(-n4ccnc4C)nn3)CC2)cc1[N+](=O)[O-]. The molecule has 15 heteroatoms. The first kappa shape index (κ1) is 23.2. The van der Waals surface area contributed by atoms with Gasteiger partial charge in [0.2, 0.25) is 10.0 Å². The second kappa shape index (κ2) is 8.75. The quantitative estimate of drug-likeness (QED) is 0.367. The highest BCUT2D eigenvalue weighted by molar-refractivity contribution is 7.89. The van der Waals surface area contributed by atoms with Crippen molar-refractivity contribution in [1.82, 2.24) is 24.1 Å². The summed E-state index contributed by atoms with van der Waals surface area (Å²) >= 11 is 0. The van der Waals surface area contributed by atoms with E-state index in [1.54, 1.807) is 29.1 Å². The molecule has 14 nitrogen and oxygen atoms in total. The first-order valence-corrected chi connectivity index (χ1v) is 11.6. The van der Waals surface area contributed by atoms with Crippen LogP contribution in [-0.2, 0) is 10.0 Å². The second-order valence-electron chi connectivity index (χ2n) is 7.59. The first-order valence-electron chi connectivity index (χ1n) is 10.1. The van der Waals surface area contributed by atoms with Crippen LogP contribution in [0.1, 0.15) is 11.4 Å². The summed E-state index contributed by atoms with van der Waals surface area (Å²) in [6.45, 7) is 3.79. The summed E-state index contributed by atoms with van der Waals surface area (Å²) in [4.78, 5) is 26.5. The molecule has 0 atom stereocenters. The van der Waals surface area contributed by atoms with Gasteiger partial charge < -0.3 is 4.90 Å². The first-order chi connectivity index (χ1) is 16.1. The van der Waals surface area contributed by atoms with Crippen LogP contribution in [-0.4, -0.2) is 68.5 Å². The summed E-state index contributed by atoms with van der Waals surface area (Å²) in [6.07, 6.45) is 3.42. The molecule has 178 valence electrons. The zero-order valence-electron chi connectivity index (χ0n) is 18.2. The number of nitro groups is 2. The minimum Gasteiger partial charge on any atom is -0.352 e. The Balaban J connectivity index is 1.52. The van der Waals surface area contributed by atoms with Gasteiger partial charge in [0.15, 0.2) is 11.6 Å². The minimum absolute atomic E-state index is 0.0713. The van der Waals surface area contributed by atoms with Gasteiger partial charge >= 0.3 is 0 Å². The van der Waals surface area contributed by atoms with Gasteiger partial charge in [0.25, 0.3) is 11.4 Å². The van der Waals surface area contributed by atoms with Crippen molar-refractivity contribution < 1.29 is 18.3 Å². The smallest absolute Gasteiger partial charge is 0.280 e. The number of rotatable bonds is 6. The van der Waals surface area contributed by atoms with E-state index >= 15 is 0 Å². The predicted molar refractivity (Wildman–Crippen MR) is 119 cm³/mol. The van der Waals surface area contributed by atoms with Crippen LogP contribution < -0.4 is 4.90 Å². The lowest BCUT2D eigenvalue weighted by molar-refractivity contribution is -0.395. The molecule has 1 aromatic carbocycles. The Morgan fingerprint density at radius 3 is 1.94 bits per heavy atom. The van der Waals surface area contributed by atoms with Crippen LogP contribution in [0.5, 0.6) is 0 Å². The number of hydrogen-bond acceptors (Lipinski definition) is 10. The molecular weight excluding hydrogens is 468 g/mol. The molecule has 0 bridgehead atoms. The Bertz CT molecular complexity index is 1330. The average molecular weight is 488 g/mol. The molecule has 0 amide bonds. The normalized spacial score (nSPS) is 14.8. The Labute approximate surface area is 193 Å². The van der Waals surface area contributed by atoms with Crippen molar-refractivity contribution in [1.29, 1.82) is 0 Å². The van der Waals surface area contributed by atoms with Crippen molar-refractivity contribution >= 4 is 27.2 Å². The van der Waals surface area contributed by atoms with Crippen molar-refractivity contribution in [2.24, 2.45) is 0 Å². The van der Waals surface area contributed by atoms with Crippen molar-refractivity contribution in [3.05, 3.63) is 68.3 Å². The number of aromatic nitrogens is 4. The molecule has 0 unspecified atom stereocenters. The highest BCUT2D eigenvalue weighted by Gasteiger charge is 2.33. The van der Waals surface area contributed by atoms with Crippen LogP contribution in [0.2, 0.25) is 0 Å². The second-order valence-corrected chi connectivity index (χ2v) is 9.52. The zero-order valence-corrected chi connectivity index (χ0v) is 19.0. The number of sulfonamides is 1. The van der Waals surface area contributed by atoms with Gasteiger partial charge in [0.05, 0.1) is 14.7 Å². The van der Waals surface area contributed by atoms with Gasteiger partial charge in [0.1, 0.15) is 11.4 Å². The molecule has 0 radical (unpaired) electrons. The van der Waals surface area contributed by atoms with Crippen molar-refractivity contribution in [3.8, 4) is 5.82 Å². The molecule has 3 heterocycles. The maximum Gasteiger partial charge on any atom is 0.280 e. The summed E-state index contributed by atoms with van der Waals surface area (Å²) in [6, 6.07) is 5.29. The maximum atomic E-state index is 13.1. The van der Waals surface area contributed by atoms with E-state index in [1.807, 2.05) is 11.8 Å². The number of aryl methyl sites for hydroxylation is 1. The largest absolute Gasteiger partial charge is 0.352 e. The number of anilines is 1. The number of imidazole rings is 1. The monoisotopic (exact) mass is 488 g/mol. The van der Waals surface area contributed by atoms with Gasteiger partial charge in [-0.1, -0.05) is 0 Å². The van der Waals surface area contributed by atoms with Gasteiger partial charge in [-0.2, -0.15) is 4.31 Å². The van der Waals surface area contributed by atoms with Crippen LogP contribution in [0.25, 0.3) is 5.82 Å². The lowest BCUT2D eigenvalue weighted by atomic mass is 10.1. The molecule has 0 aliphatic carbocycles. The van der Waals surface area contributed by atoms with Crippen LogP contribution in [0.15, 0.2) is 41.6 Å². The van der Waals surface area contributed by atoms with E-state index in [0.717, 1.165) is 22.3 Å². The Morgan fingerprint density at radius 2 is 1.47 bits per heavy atom. The maximum absolute atomic E-state index is 13.1. The number of piperazine rings is 1. The number of hydrogen-bond donors (Lipinski definition) is 0. The molecule has 0 spiro atoms. The van der Waals surface area contributed by atoms with Crippen LogP contribution >= 0.6 is 0 Å². The zero-order chi connectivity index (χ0) is 24.6. The van der Waals surface area contributed by atoms with E-state index in [9.17, 15) is 28.6 Å². The lowest BCUT2D eigenvalue weighted by Crippen LogP contribution is -2.49. The fourth-order valence-electron chi connectivity index (χ4n) is 3.73. The van der Waals surface area contributed by atoms with E-state index in [0.29, 0.717) is 24.7 Å². The molecule has 2 aromatic heterocycles. The molecule has 1 fully saturated rings. The summed E-state index contributed by atoms with van der Waals surface area (Å²) in [7, 11) is -4.19. The Kier molecular flexibility index (Phi) is 5.97. The topological polar surface area (TPSA) is 170 Å². The molecule has 0 saturated carbocycles. The van der Waals surface area contributed by atoms with Crippen LogP contribution in [0.4, 0.5) is 17.2 Å². The molecule has 0 N–H and O–H groups in total. The van der Waals surface area contributed by atoms with Gasteiger partial charge in [0, 0.05) is 50.7 Å². The Morgan fingerprint density at radius 1 is 0.912 bits per heavy atom. The van der Waals surface area contributed by atoms with Gasteiger partial charge in [-0.25, -0.2) is 13.4 Å². The molecule has 3 aromatic rings. The average Bonchev–Trinajstić information content (AvgIpc) is 3.24. The highest BCUT2D eigenvalue weighted by Crippen LogP contribution is 2.33. The standard InChI is InChI=1S/C19H20N8O6S/c1-13-16(26(28)29)11-15(12-17(13)27(30)31)34(32,33)24-9-7-23(8-10-24)18-3-4-19(22-21-18)25-6-5-20-14(25)2/h3-6,11-12H,7-10H2,1-2H3. The molecule has 1 aliphatic rings. The third-order valence-corrected chi connectivity index (χ3v) is 7.51. The van der Waals surface area contributed by atoms with Gasteiger partial charge in [-0.15, -0.1) is 10.2 Å². The third-order valence-electron chi connectivity index (χ3n) is 5.63. The Hall–Kier alpha value is -3.98. The van der Waals surface area contributed by atoms with E-state index in [-0.39, 0.29) is 18.7 Å². The molecule has 34 heavy (non-hydrogen) atoms. The van der Waals surface area contributed by atoms with Gasteiger partial charge in [-0.3, -0.25) is 24.8 Å². The van der Waals surface area contributed by atoms with Crippen LogP contribution in [0, 0.1) is 34.1 Å². The number of nitro benzene ring substituents is 2. The van der Waals surface area contributed by atoms with E-state index in [4.69, 9.17) is 0 Å². The van der Waals surface area contributed by atoms with E-state index in [1.165, 1.54) is 6.92 Å². The molecular formula is C19H20N8O6S.